The van der Waals surface area contributed by atoms with E-state index >= 15 is 0 Å². The molecule has 0 heterocycles. The molecule has 0 radical (unpaired) electrons. The second-order valence-corrected chi connectivity index (χ2v) is 5.28. The molecular formula is C15H22N2O2. The maximum Gasteiger partial charge on any atom is 0.314 e. The van der Waals surface area contributed by atoms with Gasteiger partial charge in [0.05, 0.1) is 5.60 Å². The van der Waals surface area contributed by atoms with E-state index in [0.717, 1.165) is 32.1 Å². The topological polar surface area (TPSA) is 61.4 Å². The molecule has 104 valence electrons. The Balaban J connectivity index is 1.62. The quantitative estimate of drug-likeness (QED) is 0.758. The van der Waals surface area contributed by atoms with Crippen molar-refractivity contribution in [2.24, 2.45) is 0 Å². The Labute approximate surface area is 114 Å². The van der Waals surface area contributed by atoms with Crippen molar-refractivity contribution in [3.05, 3.63) is 35.9 Å². The molecule has 3 N–H and O–H groups in total. The highest BCUT2D eigenvalue weighted by molar-refractivity contribution is 5.73. The summed E-state index contributed by atoms with van der Waals surface area (Å²) in [5, 5.41) is 15.7. The molecule has 1 fully saturated rings. The zero-order valence-corrected chi connectivity index (χ0v) is 11.2. The molecule has 1 saturated carbocycles. The van der Waals surface area contributed by atoms with Gasteiger partial charge in [-0.15, -0.1) is 0 Å². The molecule has 0 saturated heterocycles. The van der Waals surface area contributed by atoms with Crippen LogP contribution in [0.2, 0.25) is 0 Å². The van der Waals surface area contributed by atoms with Gasteiger partial charge < -0.3 is 15.7 Å². The molecule has 1 aromatic carbocycles. The van der Waals surface area contributed by atoms with Gasteiger partial charge in [-0.2, -0.15) is 0 Å². The normalized spacial score (nSPS) is 17.1. The molecule has 0 spiro atoms. The van der Waals surface area contributed by atoms with Crippen molar-refractivity contribution >= 4 is 6.03 Å². The Morgan fingerprint density at radius 1 is 1.16 bits per heavy atom. The van der Waals surface area contributed by atoms with Crippen molar-refractivity contribution in [1.29, 1.82) is 0 Å². The van der Waals surface area contributed by atoms with Crippen LogP contribution in [0.3, 0.4) is 0 Å². The third kappa shape index (κ3) is 4.56. The van der Waals surface area contributed by atoms with Crippen molar-refractivity contribution in [1.82, 2.24) is 10.6 Å². The molecule has 0 aromatic heterocycles. The first-order valence-electron chi connectivity index (χ1n) is 6.96. The molecule has 0 aliphatic heterocycles. The van der Waals surface area contributed by atoms with E-state index in [1.807, 2.05) is 30.3 Å². The Hall–Kier alpha value is -1.55. The van der Waals surface area contributed by atoms with Gasteiger partial charge in [0.2, 0.25) is 0 Å². The second-order valence-electron chi connectivity index (χ2n) is 5.28. The van der Waals surface area contributed by atoms with Crippen LogP contribution in [0.25, 0.3) is 0 Å². The number of nitrogens with one attached hydrogen (secondary N) is 2. The van der Waals surface area contributed by atoms with Crippen LogP contribution in [-0.4, -0.2) is 29.8 Å². The number of aliphatic hydroxyl groups is 1. The van der Waals surface area contributed by atoms with E-state index in [-0.39, 0.29) is 6.03 Å². The molecule has 1 aliphatic rings. The van der Waals surface area contributed by atoms with Crippen molar-refractivity contribution < 1.29 is 9.90 Å². The highest BCUT2D eigenvalue weighted by Gasteiger charge is 2.31. The number of rotatable bonds is 5. The van der Waals surface area contributed by atoms with Crippen LogP contribution >= 0.6 is 0 Å². The molecule has 1 aliphatic carbocycles. The van der Waals surface area contributed by atoms with E-state index in [1.165, 1.54) is 5.56 Å². The summed E-state index contributed by atoms with van der Waals surface area (Å²) < 4.78 is 0. The zero-order chi connectivity index (χ0) is 13.6. The molecule has 1 aromatic rings. The monoisotopic (exact) mass is 262 g/mol. The predicted octanol–water partition coefficient (Wildman–Crippen LogP) is 1.83. The fraction of sp³-hybridized carbons (Fsp3) is 0.533. The number of hydrogen-bond donors (Lipinski definition) is 3. The van der Waals surface area contributed by atoms with E-state index < -0.39 is 5.60 Å². The van der Waals surface area contributed by atoms with Gasteiger partial charge in [-0.1, -0.05) is 43.2 Å². The van der Waals surface area contributed by atoms with Gasteiger partial charge in [0.15, 0.2) is 0 Å². The van der Waals surface area contributed by atoms with Gasteiger partial charge in [-0.05, 0) is 24.8 Å². The fourth-order valence-electron chi connectivity index (χ4n) is 2.48. The van der Waals surface area contributed by atoms with Crippen LogP contribution in [0, 0.1) is 0 Å². The third-order valence-electron chi connectivity index (χ3n) is 3.65. The molecule has 0 unspecified atom stereocenters. The Morgan fingerprint density at radius 3 is 2.53 bits per heavy atom. The zero-order valence-electron chi connectivity index (χ0n) is 11.2. The summed E-state index contributed by atoms with van der Waals surface area (Å²) in [5.41, 5.74) is 0.522. The third-order valence-corrected chi connectivity index (χ3v) is 3.65. The summed E-state index contributed by atoms with van der Waals surface area (Å²) in [5.74, 6) is 0. The Bertz CT molecular complexity index is 400. The van der Waals surface area contributed by atoms with Crippen molar-refractivity contribution in [3.8, 4) is 0 Å². The smallest absolute Gasteiger partial charge is 0.314 e. The first-order chi connectivity index (χ1) is 9.18. The summed E-state index contributed by atoms with van der Waals surface area (Å²) in [4.78, 5) is 11.6. The van der Waals surface area contributed by atoms with Crippen LogP contribution < -0.4 is 10.6 Å². The van der Waals surface area contributed by atoms with Gasteiger partial charge in [-0.25, -0.2) is 4.79 Å². The molecular weight excluding hydrogens is 240 g/mol. The molecule has 19 heavy (non-hydrogen) atoms. The van der Waals surface area contributed by atoms with Crippen LogP contribution in [0.4, 0.5) is 4.79 Å². The van der Waals surface area contributed by atoms with Crippen molar-refractivity contribution in [3.63, 3.8) is 0 Å². The molecule has 2 amide bonds. The van der Waals surface area contributed by atoms with E-state index in [0.29, 0.717) is 13.1 Å². The first kappa shape index (κ1) is 13.9. The number of carbonyl (C=O) groups excluding carboxylic acids is 1. The molecule has 0 atom stereocenters. The lowest BCUT2D eigenvalue weighted by atomic mass is 10.0. The summed E-state index contributed by atoms with van der Waals surface area (Å²) in [6, 6.07) is 9.85. The van der Waals surface area contributed by atoms with Crippen molar-refractivity contribution in [2.45, 2.75) is 37.7 Å². The van der Waals surface area contributed by atoms with E-state index in [2.05, 4.69) is 10.6 Å². The number of benzene rings is 1. The standard InChI is InChI=1S/C15H22N2O2/c18-14(17-12-15(19)9-4-5-10-15)16-11-8-13-6-2-1-3-7-13/h1-3,6-7,19H,4-5,8-12H2,(H2,16,17,18). The van der Waals surface area contributed by atoms with Crippen LogP contribution in [0.5, 0.6) is 0 Å². The minimum Gasteiger partial charge on any atom is -0.388 e. The number of hydrogen-bond acceptors (Lipinski definition) is 2. The number of amides is 2. The minimum absolute atomic E-state index is 0.198. The van der Waals surface area contributed by atoms with Gasteiger partial charge in [0.1, 0.15) is 0 Å². The van der Waals surface area contributed by atoms with Gasteiger partial charge in [0, 0.05) is 13.1 Å². The van der Waals surface area contributed by atoms with Crippen molar-refractivity contribution in [2.75, 3.05) is 13.1 Å². The average Bonchev–Trinajstić information content (AvgIpc) is 2.85. The SMILES string of the molecule is O=C(NCCc1ccccc1)NCC1(O)CCCC1. The highest BCUT2D eigenvalue weighted by atomic mass is 16.3. The fourth-order valence-corrected chi connectivity index (χ4v) is 2.48. The van der Waals surface area contributed by atoms with E-state index in [4.69, 9.17) is 0 Å². The summed E-state index contributed by atoms with van der Waals surface area (Å²) in [6.07, 6.45) is 4.49. The van der Waals surface area contributed by atoms with Crippen LogP contribution in [0.1, 0.15) is 31.2 Å². The Kier molecular flexibility index (Phi) is 4.80. The summed E-state index contributed by atoms with van der Waals surface area (Å²) in [7, 11) is 0. The maximum absolute atomic E-state index is 11.6. The first-order valence-corrected chi connectivity index (χ1v) is 6.96. The predicted molar refractivity (Wildman–Crippen MR) is 75.0 cm³/mol. The summed E-state index contributed by atoms with van der Waals surface area (Å²) in [6.45, 7) is 0.957. The highest BCUT2D eigenvalue weighted by Crippen LogP contribution is 2.28. The lowest BCUT2D eigenvalue weighted by Gasteiger charge is -2.22. The number of urea groups is 1. The van der Waals surface area contributed by atoms with Crippen LogP contribution in [-0.2, 0) is 6.42 Å². The average molecular weight is 262 g/mol. The van der Waals surface area contributed by atoms with Gasteiger partial charge >= 0.3 is 6.03 Å². The van der Waals surface area contributed by atoms with E-state index in [1.54, 1.807) is 0 Å². The minimum atomic E-state index is -0.684. The molecule has 0 bridgehead atoms. The Morgan fingerprint density at radius 2 is 1.84 bits per heavy atom. The molecule has 4 heteroatoms. The molecule has 2 rings (SSSR count). The second kappa shape index (κ2) is 6.57. The lowest BCUT2D eigenvalue weighted by Crippen LogP contribution is -2.45. The summed E-state index contributed by atoms with van der Waals surface area (Å²) >= 11 is 0. The number of carbonyl (C=O) groups is 1. The molecule has 4 nitrogen and oxygen atoms in total. The van der Waals surface area contributed by atoms with Gasteiger partial charge in [-0.3, -0.25) is 0 Å². The maximum atomic E-state index is 11.6. The van der Waals surface area contributed by atoms with Crippen LogP contribution in [0.15, 0.2) is 30.3 Å². The largest absolute Gasteiger partial charge is 0.388 e. The van der Waals surface area contributed by atoms with Gasteiger partial charge in [0.25, 0.3) is 0 Å². The lowest BCUT2D eigenvalue weighted by molar-refractivity contribution is 0.0501. The van der Waals surface area contributed by atoms with E-state index in [9.17, 15) is 9.90 Å².